The van der Waals surface area contributed by atoms with Gasteiger partial charge >= 0.3 is 5.97 Å². The first kappa shape index (κ1) is 24.4. The summed E-state index contributed by atoms with van der Waals surface area (Å²) in [5, 5.41) is 19.0. The fraction of sp³-hybridized carbons (Fsp3) is 0.320. The van der Waals surface area contributed by atoms with Gasteiger partial charge in [-0.05, 0) is 49.7 Å². The predicted molar refractivity (Wildman–Crippen MR) is 134 cm³/mol. The summed E-state index contributed by atoms with van der Waals surface area (Å²) in [6, 6.07) is 13.5. The maximum absolute atomic E-state index is 13.0. The average molecular weight is 494 g/mol. The molecule has 0 spiro atoms. The number of fused-ring (bicyclic) bond motifs is 1. The average Bonchev–Trinajstić information content (AvgIpc) is 2.81. The summed E-state index contributed by atoms with van der Waals surface area (Å²) in [7, 11) is -3.85. The van der Waals surface area contributed by atoms with Crippen LogP contribution in [0.1, 0.15) is 27.9 Å². The van der Waals surface area contributed by atoms with E-state index in [4.69, 9.17) is 5.26 Å². The second-order valence-corrected chi connectivity index (χ2v) is 10.3. The number of aromatic nitrogens is 1. The number of rotatable bonds is 7. The molecule has 1 saturated heterocycles. The highest BCUT2D eigenvalue weighted by molar-refractivity contribution is 7.92. The largest absolute Gasteiger partial charge is 0.478 e. The van der Waals surface area contributed by atoms with Crippen LogP contribution < -0.4 is 9.62 Å². The molecule has 0 radical (unpaired) electrons. The maximum Gasteiger partial charge on any atom is 0.336 e. The zero-order valence-corrected chi connectivity index (χ0v) is 20.5. The molecule has 182 valence electrons. The molecule has 1 aliphatic rings. The fourth-order valence-corrected chi connectivity index (χ4v) is 5.61. The van der Waals surface area contributed by atoms with Crippen molar-refractivity contribution in [1.29, 1.82) is 5.26 Å². The summed E-state index contributed by atoms with van der Waals surface area (Å²) in [4.78, 5) is 21.2. The van der Waals surface area contributed by atoms with Crippen LogP contribution in [0, 0.1) is 25.2 Å². The number of nitrogens with one attached hydrogen (secondary N) is 1. The number of carboxylic acid groups (broad SMARTS) is 1. The van der Waals surface area contributed by atoms with Crippen molar-refractivity contribution in [2.75, 3.05) is 42.3 Å². The predicted octanol–water partition coefficient (Wildman–Crippen LogP) is 3.39. The number of aromatic carboxylic acids is 1. The lowest BCUT2D eigenvalue weighted by Crippen LogP contribution is -2.46. The quantitative estimate of drug-likeness (QED) is 0.513. The van der Waals surface area contributed by atoms with Crippen molar-refractivity contribution >= 4 is 38.4 Å². The Balaban J connectivity index is 1.62. The van der Waals surface area contributed by atoms with Crippen molar-refractivity contribution in [3.05, 3.63) is 59.2 Å². The number of carboxylic acids is 1. The van der Waals surface area contributed by atoms with E-state index >= 15 is 0 Å². The Morgan fingerprint density at radius 2 is 1.86 bits per heavy atom. The number of pyridine rings is 1. The number of benzene rings is 2. The molecule has 0 amide bonds. The Bertz CT molecular complexity index is 1420. The summed E-state index contributed by atoms with van der Waals surface area (Å²) < 4.78 is 28.5. The van der Waals surface area contributed by atoms with E-state index in [-0.39, 0.29) is 16.1 Å². The van der Waals surface area contributed by atoms with Crippen LogP contribution in [0.3, 0.4) is 0 Å². The SMILES string of the molecule is Cc1ccc(S(=O)(=O)Nc2ccc3nc(N4CCN(CCC#N)CC4)cc(C(=O)O)c3c2)c(C)c1. The van der Waals surface area contributed by atoms with Crippen LogP contribution in [0.2, 0.25) is 0 Å². The molecule has 2 N–H and O–H groups in total. The lowest BCUT2D eigenvalue weighted by atomic mass is 10.1. The van der Waals surface area contributed by atoms with Crippen molar-refractivity contribution in [3.8, 4) is 6.07 Å². The Labute approximate surface area is 204 Å². The van der Waals surface area contributed by atoms with Gasteiger partial charge < -0.3 is 10.0 Å². The van der Waals surface area contributed by atoms with Gasteiger partial charge in [-0.25, -0.2) is 18.2 Å². The van der Waals surface area contributed by atoms with Gasteiger partial charge in [-0.3, -0.25) is 9.62 Å². The second-order valence-electron chi connectivity index (χ2n) is 8.68. The lowest BCUT2D eigenvalue weighted by molar-refractivity contribution is 0.0699. The molecule has 1 aliphatic heterocycles. The first-order valence-corrected chi connectivity index (χ1v) is 12.8. The van der Waals surface area contributed by atoms with Gasteiger partial charge in [0, 0.05) is 50.2 Å². The van der Waals surface area contributed by atoms with E-state index in [1.54, 1.807) is 37.3 Å². The van der Waals surface area contributed by atoms with Crippen molar-refractivity contribution in [3.63, 3.8) is 0 Å². The Morgan fingerprint density at radius 1 is 1.11 bits per heavy atom. The van der Waals surface area contributed by atoms with Gasteiger partial charge in [0.15, 0.2) is 0 Å². The third-order valence-electron chi connectivity index (χ3n) is 6.13. The Kier molecular flexibility index (Phi) is 6.91. The summed E-state index contributed by atoms with van der Waals surface area (Å²) in [6.07, 6.45) is 0.479. The summed E-state index contributed by atoms with van der Waals surface area (Å²) in [5.74, 6) is -0.542. The van der Waals surface area contributed by atoms with E-state index in [9.17, 15) is 18.3 Å². The van der Waals surface area contributed by atoms with Gasteiger partial charge in [0.05, 0.1) is 22.0 Å². The molecule has 2 heterocycles. The number of anilines is 2. The van der Waals surface area contributed by atoms with E-state index in [1.165, 1.54) is 12.1 Å². The molecule has 35 heavy (non-hydrogen) atoms. The molecule has 2 aromatic carbocycles. The number of nitriles is 1. The van der Waals surface area contributed by atoms with Gasteiger partial charge in [-0.2, -0.15) is 5.26 Å². The standard InChI is InChI=1S/C25H27N5O4S/c1-17-4-7-23(18(2)14-17)35(33,34)28-19-5-6-22-20(15-19)21(25(31)32)16-24(27-22)30-12-10-29(11-13-30)9-3-8-26/h4-7,14-16,28H,3,9-13H2,1-2H3,(H,31,32). The number of hydrogen-bond donors (Lipinski definition) is 2. The van der Waals surface area contributed by atoms with Gasteiger partial charge in [-0.1, -0.05) is 17.7 Å². The van der Waals surface area contributed by atoms with Gasteiger partial charge in [0.25, 0.3) is 10.0 Å². The van der Waals surface area contributed by atoms with Crippen molar-refractivity contribution in [2.24, 2.45) is 0 Å². The molecular weight excluding hydrogens is 466 g/mol. The van der Waals surface area contributed by atoms with Crippen LogP contribution >= 0.6 is 0 Å². The zero-order valence-electron chi connectivity index (χ0n) is 19.7. The first-order valence-electron chi connectivity index (χ1n) is 11.3. The van der Waals surface area contributed by atoms with E-state index in [0.29, 0.717) is 41.8 Å². The zero-order chi connectivity index (χ0) is 25.2. The minimum Gasteiger partial charge on any atom is -0.478 e. The van der Waals surface area contributed by atoms with Crippen LogP contribution in [0.5, 0.6) is 0 Å². The van der Waals surface area contributed by atoms with Crippen LogP contribution in [0.25, 0.3) is 10.9 Å². The Hall–Kier alpha value is -3.68. The number of carbonyl (C=O) groups is 1. The van der Waals surface area contributed by atoms with E-state index in [1.807, 2.05) is 11.8 Å². The molecule has 0 bridgehead atoms. The molecule has 4 rings (SSSR count). The molecular formula is C25H27N5O4S. The summed E-state index contributed by atoms with van der Waals surface area (Å²) >= 11 is 0. The van der Waals surface area contributed by atoms with Crippen LogP contribution in [0.4, 0.5) is 11.5 Å². The van der Waals surface area contributed by atoms with Crippen molar-refractivity contribution in [1.82, 2.24) is 9.88 Å². The van der Waals surface area contributed by atoms with Gasteiger partial charge in [0.2, 0.25) is 0 Å². The molecule has 0 saturated carbocycles. The van der Waals surface area contributed by atoms with Crippen LogP contribution in [0.15, 0.2) is 47.4 Å². The molecule has 10 heteroatoms. The van der Waals surface area contributed by atoms with Crippen molar-refractivity contribution < 1.29 is 18.3 Å². The summed E-state index contributed by atoms with van der Waals surface area (Å²) in [5.41, 5.74) is 2.39. The Morgan fingerprint density at radius 3 is 2.51 bits per heavy atom. The van der Waals surface area contributed by atoms with E-state index in [0.717, 1.165) is 25.2 Å². The maximum atomic E-state index is 13.0. The second kappa shape index (κ2) is 9.90. The highest BCUT2D eigenvalue weighted by Gasteiger charge is 2.22. The van der Waals surface area contributed by atoms with Gasteiger partial charge in [-0.15, -0.1) is 0 Å². The number of piperazine rings is 1. The molecule has 9 nitrogen and oxygen atoms in total. The topological polar surface area (TPSA) is 127 Å². The molecule has 1 aromatic heterocycles. The third-order valence-corrected chi connectivity index (χ3v) is 7.68. The molecule has 1 fully saturated rings. The normalized spacial score (nSPS) is 14.6. The number of nitrogens with zero attached hydrogens (tertiary/aromatic N) is 4. The lowest BCUT2D eigenvalue weighted by Gasteiger charge is -2.35. The molecule has 0 unspecified atom stereocenters. The highest BCUT2D eigenvalue weighted by atomic mass is 32.2. The minimum absolute atomic E-state index is 0.0597. The van der Waals surface area contributed by atoms with Gasteiger partial charge in [0.1, 0.15) is 5.82 Å². The highest BCUT2D eigenvalue weighted by Crippen LogP contribution is 2.28. The number of hydrogen-bond acceptors (Lipinski definition) is 7. The smallest absolute Gasteiger partial charge is 0.336 e. The summed E-state index contributed by atoms with van der Waals surface area (Å²) in [6.45, 7) is 7.24. The molecule has 0 atom stereocenters. The fourth-order valence-electron chi connectivity index (χ4n) is 4.33. The van der Waals surface area contributed by atoms with E-state index < -0.39 is 16.0 Å². The number of aryl methyl sites for hydroxylation is 2. The van der Waals surface area contributed by atoms with Crippen LogP contribution in [-0.4, -0.2) is 62.1 Å². The van der Waals surface area contributed by atoms with E-state index in [2.05, 4.69) is 20.7 Å². The molecule has 0 aliphatic carbocycles. The van der Waals surface area contributed by atoms with Crippen LogP contribution in [-0.2, 0) is 10.0 Å². The monoisotopic (exact) mass is 493 g/mol. The first-order chi connectivity index (χ1) is 16.7. The molecule has 3 aromatic rings. The van der Waals surface area contributed by atoms with Crippen molar-refractivity contribution in [2.45, 2.75) is 25.2 Å². The number of sulfonamides is 1. The third kappa shape index (κ3) is 5.37. The minimum atomic E-state index is -3.85.